The van der Waals surface area contributed by atoms with E-state index >= 15 is 0 Å². The van der Waals surface area contributed by atoms with Crippen molar-refractivity contribution in [3.05, 3.63) is 23.8 Å². The molecule has 1 amide bonds. The molecule has 25 heavy (non-hydrogen) atoms. The van der Waals surface area contributed by atoms with Gasteiger partial charge in [-0.25, -0.2) is 4.79 Å². The Bertz CT molecular complexity index is 643. The Kier molecular flexibility index (Phi) is 4.82. The van der Waals surface area contributed by atoms with Gasteiger partial charge in [-0.15, -0.1) is 0 Å². The first-order valence-electron chi connectivity index (χ1n) is 8.82. The first-order valence-corrected chi connectivity index (χ1v) is 8.82. The molecule has 2 aliphatic rings. The normalized spacial score (nSPS) is 27.2. The fourth-order valence-corrected chi connectivity index (χ4v) is 3.59. The summed E-state index contributed by atoms with van der Waals surface area (Å²) < 4.78 is 11.3. The highest BCUT2D eigenvalue weighted by Crippen LogP contribution is 2.47. The molecule has 1 heterocycles. The number of aliphatic hydroxyl groups is 1. The summed E-state index contributed by atoms with van der Waals surface area (Å²) in [4.78, 5) is 12.8. The highest BCUT2D eigenvalue weighted by Gasteiger charge is 2.48. The fourth-order valence-electron chi connectivity index (χ4n) is 3.59. The summed E-state index contributed by atoms with van der Waals surface area (Å²) >= 11 is 0. The van der Waals surface area contributed by atoms with E-state index in [2.05, 4.69) is 0 Å². The topological polar surface area (TPSA) is 79.2 Å². The monoisotopic (exact) mass is 349 g/mol. The van der Waals surface area contributed by atoms with Gasteiger partial charge < -0.3 is 24.6 Å². The number of hydrogen-bond donors (Lipinski definition) is 2. The zero-order chi connectivity index (χ0) is 18.2. The van der Waals surface area contributed by atoms with Crippen molar-refractivity contribution in [3.63, 3.8) is 0 Å². The van der Waals surface area contributed by atoms with Crippen LogP contribution in [0.4, 0.5) is 4.79 Å². The Morgan fingerprint density at radius 3 is 2.68 bits per heavy atom. The summed E-state index contributed by atoms with van der Waals surface area (Å²) in [5, 5.41) is 19.7. The number of carbonyl (C=O) groups is 1. The number of aliphatic hydroxyl groups excluding tert-OH is 1. The Balaban J connectivity index is 1.89. The van der Waals surface area contributed by atoms with Crippen molar-refractivity contribution in [1.82, 2.24) is 4.90 Å². The van der Waals surface area contributed by atoms with Crippen molar-refractivity contribution in [1.29, 1.82) is 0 Å². The third-order valence-corrected chi connectivity index (χ3v) is 5.72. The minimum absolute atomic E-state index is 0.0993. The quantitative estimate of drug-likeness (QED) is 0.825. The summed E-state index contributed by atoms with van der Waals surface area (Å²) in [7, 11) is 1.61. The number of carboxylic acid groups (broad SMARTS) is 1. The van der Waals surface area contributed by atoms with Crippen molar-refractivity contribution >= 4 is 6.09 Å². The number of likely N-dealkylation sites (tertiary alicyclic amines) is 1. The molecule has 3 atom stereocenters. The maximum Gasteiger partial charge on any atom is 0.407 e. The van der Waals surface area contributed by atoms with E-state index in [1.165, 1.54) is 17.7 Å². The Hall–Kier alpha value is -1.95. The first kappa shape index (κ1) is 17.9. The van der Waals surface area contributed by atoms with Gasteiger partial charge in [-0.2, -0.15) is 0 Å². The fraction of sp³-hybridized carbons (Fsp3) is 0.632. The molecule has 1 aliphatic heterocycles. The molecule has 6 heteroatoms. The number of amides is 1. The van der Waals surface area contributed by atoms with Crippen molar-refractivity contribution in [2.24, 2.45) is 11.3 Å². The Morgan fingerprint density at radius 1 is 1.40 bits per heavy atom. The van der Waals surface area contributed by atoms with Crippen molar-refractivity contribution in [2.45, 2.75) is 38.7 Å². The van der Waals surface area contributed by atoms with Gasteiger partial charge in [0.05, 0.1) is 19.8 Å². The van der Waals surface area contributed by atoms with Gasteiger partial charge >= 0.3 is 6.09 Å². The number of methoxy groups -OCH3 is 1. The van der Waals surface area contributed by atoms with Crippen LogP contribution in [-0.2, 0) is 0 Å². The molecular weight excluding hydrogens is 322 g/mol. The molecule has 0 radical (unpaired) electrons. The van der Waals surface area contributed by atoms with Crippen LogP contribution in [0.1, 0.15) is 38.2 Å². The van der Waals surface area contributed by atoms with E-state index < -0.39 is 17.6 Å². The number of ether oxygens (including phenoxy) is 2. The number of rotatable bonds is 6. The van der Waals surface area contributed by atoms with E-state index in [9.17, 15) is 15.0 Å². The molecule has 6 nitrogen and oxygen atoms in total. The van der Waals surface area contributed by atoms with Gasteiger partial charge in [0, 0.05) is 24.4 Å². The van der Waals surface area contributed by atoms with Crippen LogP contribution < -0.4 is 9.47 Å². The minimum atomic E-state index is -0.951. The van der Waals surface area contributed by atoms with Crippen molar-refractivity contribution in [2.75, 3.05) is 26.8 Å². The predicted octanol–water partition coefficient (Wildman–Crippen LogP) is 2.95. The molecule has 138 valence electrons. The van der Waals surface area contributed by atoms with Gasteiger partial charge in [0.15, 0.2) is 11.5 Å². The number of nitrogens with zero attached hydrogens (tertiary/aromatic N) is 1. The highest BCUT2D eigenvalue weighted by atomic mass is 16.5. The van der Waals surface area contributed by atoms with Gasteiger partial charge in [0.1, 0.15) is 0 Å². The van der Waals surface area contributed by atoms with Gasteiger partial charge in [0.2, 0.25) is 0 Å². The zero-order valence-electron chi connectivity index (χ0n) is 15.1. The lowest BCUT2D eigenvalue weighted by Crippen LogP contribution is -2.37. The molecule has 0 unspecified atom stereocenters. The molecule has 2 fully saturated rings. The second-order valence-electron chi connectivity index (χ2n) is 7.56. The SMILES string of the molecule is COc1ccc([C@@H]2CN(C(=O)O)C[C@@]2(C)[C@H](C)O)cc1OCC1CC1. The van der Waals surface area contributed by atoms with Crippen LogP contribution in [0.5, 0.6) is 11.5 Å². The third kappa shape index (κ3) is 3.54. The van der Waals surface area contributed by atoms with Crippen molar-refractivity contribution < 1.29 is 24.5 Å². The molecule has 3 rings (SSSR count). The summed E-state index contributed by atoms with van der Waals surface area (Å²) in [6.45, 7) is 5.03. The van der Waals surface area contributed by atoms with Crippen LogP contribution >= 0.6 is 0 Å². The lowest BCUT2D eigenvalue weighted by atomic mass is 9.72. The molecule has 1 saturated carbocycles. The Morgan fingerprint density at radius 2 is 2.12 bits per heavy atom. The van der Waals surface area contributed by atoms with Crippen LogP contribution in [0.15, 0.2) is 18.2 Å². The largest absolute Gasteiger partial charge is 0.493 e. The number of benzene rings is 1. The first-order chi connectivity index (χ1) is 11.8. The summed E-state index contributed by atoms with van der Waals surface area (Å²) in [5.74, 6) is 1.90. The maximum absolute atomic E-state index is 11.4. The lowest BCUT2D eigenvalue weighted by molar-refractivity contribution is 0.0481. The Labute approximate surface area is 148 Å². The molecule has 1 aliphatic carbocycles. The molecule has 0 aromatic heterocycles. The van der Waals surface area contributed by atoms with Crippen LogP contribution in [0.25, 0.3) is 0 Å². The third-order valence-electron chi connectivity index (χ3n) is 5.72. The molecular formula is C19H27NO5. The summed E-state index contributed by atoms with van der Waals surface area (Å²) in [6, 6.07) is 5.75. The molecule has 0 bridgehead atoms. The molecule has 1 aromatic carbocycles. The standard InChI is InChI=1S/C19H27NO5/c1-12(21)19(2)11-20(18(22)23)9-15(19)14-6-7-16(24-3)17(8-14)25-10-13-4-5-13/h6-8,12-13,15,21H,4-5,9-11H2,1-3H3,(H,22,23)/t12-,15-,19-/m0/s1. The van der Waals surface area contributed by atoms with Gasteiger partial charge in [-0.3, -0.25) is 0 Å². The van der Waals surface area contributed by atoms with E-state index in [0.717, 1.165) is 5.56 Å². The van der Waals surface area contributed by atoms with Crippen LogP contribution in [-0.4, -0.2) is 54.1 Å². The van der Waals surface area contributed by atoms with Gasteiger partial charge in [0.25, 0.3) is 0 Å². The predicted molar refractivity (Wildman–Crippen MR) is 93.3 cm³/mol. The zero-order valence-corrected chi connectivity index (χ0v) is 15.1. The van der Waals surface area contributed by atoms with E-state index in [1.54, 1.807) is 14.0 Å². The van der Waals surface area contributed by atoms with Crippen LogP contribution in [0.3, 0.4) is 0 Å². The van der Waals surface area contributed by atoms with Gasteiger partial charge in [-0.1, -0.05) is 13.0 Å². The van der Waals surface area contributed by atoms with Crippen LogP contribution in [0, 0.1) is 11.3 Å². The molecule has 2 N–H and O–H groups in total. The van der Waals surface area contributed by atoms with E-state index in [-0.39, 0.29) is 5.92 Å². The average molecular weight is 349 g/mol. The highest BCUT2D eigenvalue weighted by molar-refractivity contribution is 5.66. The summed E-state index contributed by atoms with van der Waals surface area (Å²) in [5.41, 5.74) is 0.430. The smallest absolute Gasteiger partial charge is 0.407 e. The van der Waals surface area contributed by atoms with E-state index in [4.69, 9.17) is 9.47 Å². The van der Waals surface area contributed by atoms with Gasteiger partial charge in [-0.05, 0) is 43.4 Å². The van der Waals surface area contributed by atoms with E-state index in [1.807, 2.05) is 25.1 Å². The second kappa shape index (κ2) is 6.75. The molecule has 1 aromatic rings. The average Bonchev–Trinajstić information content (AvgIpc) is 3.33. The lowest BCUT2D eigenvalue weighted by Gasteiger charge is -2.33. The summed E-state index contributed by atoms with van der Waals surface area (Å²) in [6.07, 6.45) is 0.837. The van der Waals surface area contributed by atoms with Crippen LogP contribution in [0.2, 0.25) is 0 Å². The second-order valence-corrected chi connectivity index (χ2v) is 7.56. The molecule has 1 saturated heterocycles. The number of hydrogen-bond acceptors (Lipinski definition) is 4. The maximum atomic E-state index is 11.4. The minimum Gasteiger partial charge on any atom is -0.493 e. The van der Waals surface area contributed by atoms with Crippen molar-refractivity contribution in [3.8, 4) is 11.5 Å². The van der Waals surface area contributed by atoms with E-state index in [0.29, 0.717) is 37.1 Å². The molecule has 0 spiro atoms.